The average molecular weight is 441 g/mol. The number of carbonyl (C=O) groups is 1. The lowest BCUT2D eigenvalue weighted by molar-refractivity contribution is 0.102. The molecule has 162 valence electrons. The highest BCUT2D eigenvalue weighted by molar-refractivity contribution is 7.92. The molecule has 1 amide bonds. The van der Waals surface area contributed by atoms with Gasteiger partial charge in [-0.15, -0.1) is 0 Å². The van der Waals surface area contributed by atoms with Crippen LogP contribution in [-0.2, 0) is 10.0 Å². The van der Waals surface area contributed by atoms with Crippen LogP contribution in [0.25, 0.3) is 0 Å². The molecule has 0 heterocycles. The molecule has 3 aromatic rings. The first-order chi connectivity index (χ1) is 14.9. The minimum Gasteiger partial charge on any atom is -0.495 e. The summed E-state index contributed by atoms with van der Waals surface area (Å²) >= 11 is 0. The Kier molecular flexibility index (Phi) is 7.15. The third-order valence-electron chi connectivity index (χ3n) is 4.36. The highest BCUT2D eigenvalue weighted by Gasteiger charge is 2.16. The van der Waals surface area contributed by atoms with Gasteiger partial charge in [-0.05, 0) is 67.1 Å². The first-order valence-electron chi connectivity index (χ1n) is 9.73. The van der Waals surface area contributed by atoms with Gasteiger partial charge in [0.1, 0.15) is 11.5 Å². The van der Waals surface area contributed by atoms with Crippen LogP contribution in [0.4, 0.5) is 11.4 Å². The predicted octanol–water partition coefficient (Wildman–Crippen LogP) is 4.54. The average Bonchev–Trinajstić information content (AvgIpc) is 2.78. The molecule has 0 saturated carbocycles. The summed E-state index contributed by atoms with van der Waals surface area (Å²) in [5, 5.41) is 2.75. The van der Waals surface area contributed by atoms with Crippen LogP contribution in [0, 0.1) is 0 Å². The molecule has 0 atom stereocenters. The molecule has 0 aliphatic rings. The molecule has 31 heavy (non-hydrogen) atoms. The lowest BCUT2D eigenvalue weighted by Crippen LogP contribution is -2.14. The maximum atomic E-state index is 12.7. The zero-order valence-corrected chi connectivity index (χ0v) is 18.1. The van der Waals surface area contributed by atoms with E-state index in [1.807, 2.05) is 6.92 Å². The minimum atomic E-state index is -3.81. The number of amides is 1. The second-order valence-corrected chi connectivity index (χ2v) is 8.34. The molecular formula is C23H24N2O5S. The van der Waals surface area contributed by atoms with Crippen LogP contribution in [-0.4, -0.2) is 28.0 Å². The van der Waals surface area contributed by atoms with E-state index in [1.54, 1.807) is 48.5 Å². The van der Waals surface area contributed by atoms with Gasteiger partial charge in [0.2, 0.25) is 0 Å². The summed E-state index contributed by atoms with van der Waals surface area (Å²) in [6, 6.07) is 19.5. The van der Waals surface area contributed by atoms with Gasteiger partial charge in [-0.1, -0.05) is 19.1 Å². The van der Waals surface area contributed by atoms with Crippen LogP contribution >= 0.6 is 0 Å². The third kappa shape index (κ3) is 5.76. The van der Waals surface area contributed by atoms with Crippen molar-refractivity contribution < 1.29 is 22.7 Å². The molecule has 0 aromatic heterocycles. The number of hydrogen-bond acceptors (Lipinski definition) is 5. The molecule has 0 fully saturated rings. The van der Waals surface area contributed by atoms with Crippen LogP contribution in [0.2, 0.25) is 0 Å². The summed E-state index contributed by atoms with van der Waals surface area (Å²) in [6.45, 7) is 2.64. The molecule has 3 rings (SSSR count). The van der Waals surface area contributed by atoms with E-state index in [0.717, 1.165) is 6.42 Å². The Hall–Kier alpha value is -3.52. The normalized spacial score (nSPS) is 10.9. The number of nitrogens with one attached hydrogen (secondary N) is 2. The van der Waals surface area contributed by atoms with E-state index in [1.165, 1.54) is 31.4 Å². The molecule has 3 aromatic carbocycles. The third-order valence-corrected chi connectivity index (χ3v) is 5.74. The molecular weight excluding hydrogens is 416 g/mol. The largest absolute Gasteiger partial charge is 0.495 e. The summed E-state index contributed by atoms with van der Waals surface area (Å²) in [7, 11) is -2.34. The number of hydrogen-bond donors (Lipinski definition) is 2. The van der Waals surface area contributed by atoms with Gasteiger partial charge < -0.3 is 14.8 Å². The van der Waals surface area contributed by atoms with Crippen LogP contribution in [0.3, 0.4) is 0 Å². The second kappa shape index (κ2) is 9.99. The fraction of sp³-hybridized carbons (Fsp3) is 0.174. The molecule has 0 aliphatic heterocycles. The Morgan fingerprint density at radius 1 is 0.935 bits per heavy atom. The fourth-order valence-electron chi connectivity index (χ4n) is 2.78. The number of anilines is 2. The maximum absolute atomic E-state index is 12.7. The Balaban J connectivity index is 1.67. The quantitative estimate of drug-likeness (QED) is 0.510. The number of carbonyl (C=O) groups excluding carboxylic acids is 1. The fourth-order valence-corrected chi connectivity index (χ4v) is 3.85. The zero-order chi connectivity index (χ0) is 22.3. The van der Waals surface area contributed by atoms with Crippen molar-refractivity contribution in [2.45, 2.75) is 18.2 Å². The first kappa shape index (κ1) is 22.2. The number of para-hydroxylation sites is 2. The maximum Gasteiger partial charge on any atom is 0.262 e. The smallest absolute Gasteiger partial charge is 0.262 e. The number of benzene rings is 3. The van der Waals surface area contributed by atoms with Crippen molar-refractivity contribution in [2.75, 3.05) is 23.8 Å². The van der Waals surface area contributed by atoms with Crippen molar-refractivity contribution in [3.05, 3.63) is 78.4 Å². The SMILES string of the molecule is CCCOc1ccc(C(=O)Nc2ccc(S(=O)(=O)Nc3ccccc3OC)cc2)cc1. The molecule has 0 saturated heterocycles. The highest BCUT2D eigenvalue weighted by Crippen LogP contribution is 2.26. The van der Waals surface area contributed by atoms with E-state index in [0.29, 0.717) is 35.0 Å². The van der Waals surface area contributed by atoms with Crippen LogP contribution in [0.15, 0.2) is 77.7 Å². The van der Waals surface area contributed by atoms with Crippen molar-refractivity contribution in [3.8, 4) is 11.5 Å². The Morgan fingerprint density at radius 2 is 1.61 bits per heavy atom. The number of rotatable bonds is 9. The first-order valence-corrected chi connectivity index (χ1v) is 11.2. The Morgan fingerprint density at radius 3 is 2.26 bits per heavy atom. The van der Waals surface area contributed by atoms with Crippen molar-refractivity contribution in [2.24, 2.45) is 0 Å². The van der Waals surface area contributed by atoms with E-state index in [2.05, 4.69) is 10.0 Å². The predicted molar refractivity (Wildman–Crippen MR) is 120 cm³/mol. The standard InChI is InChI=1S/C23H24N2O5S/c1-3-16-30-19-12-8-17(9-13-19)23(26)24-18-10-14-20(15-11-18)31(27,28)25-21-6-4-5-7-22(21)29-2/h4-15,25H,3,16H2,1-2H3,(H,24,26). The molecule has 0 spiro atoms. The van der Waals surface area contributed by atoms with E-state index >= 15 is 0 Å². The van der Waals surface area contributed by atoms with Crippen molar-refractivity contribution in [1.82, 2.24) is 0 Å². The van der Waals surface area contributed by atoms with Gasteiger partial charge in [-0.25, -0.2) is 8.42 Å². The monoisotopic (exact) mass is 440 g/mol. The van der Waals surface area contributed by atoms with Crippen LogP contribution in [0.5, 0.6) is 11.5 Å². The second-order valence-electron chi connectivity index (χ2n) is 6.66. The van der Waals surface area contributed by atoms with E-state index in [4.69, 9.17) is 9.47 Å². The number of ether oxygens (including phenoxy) is 2. The van der Waals surface area contributed by atoms with Gasteiger partial charge in [0.25, 0.3) is 15.9 Å². The van der Waals surface area contributed by atoms with E-state index in [-0.39, 0.29) is 10.8 Å². The molecule has 0 radical (unpaired) electrons. The Labute approximate surface area is 182 Å². The van der Waals surface area contributed by atoms with Gasteiger partial charge >= 0.3 is 0 Å². The molecule has 2 N–H and O–H groups in total. The van der Waals surface area contributed by atoms with E-state index < -0.39 is 10.0 Å². The lowest BCUT2D eigenvalue weighted by atomic mass is 10.2. The molecule has 8 heteroatoms. The van der Waals surface area contributed by atoms with Gasteiger partial charge in [0, 0.05) is 11.3 Å². The van der Waals surface area contributed by atoms with Gasteiger partial charge in [-0.2, -0.15) is 0 Å². The van der Waals surface area contributed by atoms with Crippen molar-refractivity contribution in [1.29, 1.82) is 0 Å². The van der Waals surface area contributed by atoms with Gasteiger partial charge in [0.05, 0.1) is 24.3 Å². The van der Waals surface area contributed by atoms with Crippen molar-refractivity contribution >= 4 is 27.3 Å². The number of methoxy groups -OCH3 is 1. The summed E-state index contributed by atoms with van der Waals surface area (Å²) in [4.78, 5) is 12.5. The van der Waals surface area contributed by atoms with E-state index in [9.17, 15) is 13.2 Å². The van der Waals surface area contributed by atoms with Gasteiger partial charge in [0.15, 0.2) is 0 Å². The summed E-state index contributed by atoms with van der Waals surface area (Å²) < 4.78 is 38.5. The highest BCUT2D eigenvalue weighted by atomic mass is 32.2. The Bertz CT molecular complexity index is 1130. The van der Waals surface area contributed by atoms with Crippen molar-refractivity contribution in [3.63, 3.8) is 0 Å². The summed E-state index contributed by atoms with van der Waals surface area (Å²) in [5.74, 6) is 0.821. The molecule has 7 nitrogen and oxygen atoms in total. The lowest BCUT2D eigenvalue weighted by Gasteiger charge is -2.12. The summed E-state index contributed by atoms with van der Waals surface area (Å²) in [5.41, 5.74) is 1.29. The molecule has 0 unspecified atom stereocenters. The zero-order valence-electron chi connectivity index (χ0n) is 17.3. The molecule has 0 aliphatic carbocycles. The molecule has 0 bridgehead atoms. The number of sulfonamides is 1. The topological polar surface area (TPSA) is 93.7 Å². The minimum absolute atomic E-state index is 0.0637. The van der Waals surface area contributed by atoms with Crippen LogP contribution < -0.4 is 19.5 Å². The summed E-state index contributed by atoms with van der Waals surface area (Å²) in [6.07, 6.45) is 0.905. The van der Waals surface area contributed by atoms with Crippen LogP contribution in [0.1, 0.15) is 23.7 Å². The van der Waals surface area contributed by atoms with Gasteiger partial charge in [-0.3, -0.25) is 9.52 Å².